The average Bonchev–Trinajstić information content (AvgIpc) is 3.08. The largest absolute Gasteiger partial charge is 0.457 e. The monoisotopic (exact) mass is 388 g/mol. The molecular formula is C23H24N4O2. The third-order valence-corrected chi connectivity index (χ3v) is 4.35. The molecule has 0 spiro atoms. The van der Waals surface area contributed by atoms with Crippen LogP contribution in [0.1, 0.15) is 29.8 Å². The molecule has 0 atom stereocenters. The van der Waals surface area contributed by atoms with E-state index in [0.29, 0.717) is 11.3 Å². The molecule has 0 radical (unpaired) electrons. The molecule has 2 aromatic carbocycles. The van der Waals surface area contributed by atoms with Gasteiger partial charge in [-0.3, -0.25) is 14.5 Å². The van der Waals surface area contributed by atoms with Gasteiger partial charge in [-0.2, -0.15) is 5.10 Å². The Morgan fingerprint density at radius 2 is 1.79 bits per heavy atom. The molecule has 6 heteroatoms. The Morgan fingerprint density at radius 3 is 2.52 bits per heavy atom. The van der Waals surface area contributed by atoms with Gasteiger partial charge in [-0.15, -0.1) is 0 Å². The molecule has 4 aromatic rings. The molecular weight excluding hydrogens is 364 g/mol. The minimum Gasteiger partial charge on any atom is -0.457 e. The number of hydrogen-bond donors (Lipinski definition) is 1. The van der Waals surface area contributed by atoms with E-state index in [9.17, 15) is 4.79 Å². The van der Waals surface area contributed by atoms with Crippen molar-refractivity contribution in [3.63, 3.8) is 0 Å². The number of aromatic nitrogens is 3. The first-order valence-corrected chi connectivity index (χ1v) is 9.48. The van der Waals surface area contributed by atoms with E-state index in [0.717, 1.165) is 33.5 Å². The number of fused-ring (bicyclic) bond motifs is 1. The van der Waals surface area contributed by atoms with Crippen LogP contribution in [0.3, 0.4) is 0 Å². The zero-order valence-corrected chi connectivity index (χ0v) is 17.0. The lowest BCUT2D eigenvalue weighted by Crippen LogP contribution is -2.12. The normalized spacial score (nSPS) is 10.3. The third-order valence-electron chi connectivity index (χ3n) is 4.35. The standard InChI is InChI=1S/C21H18N4O2.C2H6/c1-13-9-14(3-5-18(13)21(22)26)20-11-17(7-8-23-20)27-16-4-6-19-15(10-16)12-25(2)24-19;1-2/h3-12H,1-2H3,(H2,22,26);1-2H3. The lowest BCUT2D eigenvalue weighted by Gasteiger charge is -2.09. The second kappa shape index (κ2) is 8.56. The van der Waals surface area contributed by atoms with E-state index in [1.54, 1.807) is 16.9 Å². The van der Waals surface area contributed by atoms with Crippen LogP contribution in [0, 0.1) is 6.92 Å². The van der Waals surface area contributed by atoms with Gasteiger partial charge in [0.25, 0.3) is 0 Å². The summed E-state index contributed by atoms with van der Waals surface area (Å²) in [6, 6.07) is 14.9. The Bertz CT molecular complexity index is 1160. The quantitative estimate of drug-likeness (QED) is 0.541. The van der Waals surface area contributed by atoms with Crippen LogP contribution in [0.25, 0.3) is 22.2 Å². The predicted octanol–water partition coefficient (Wildman–Crippen LogP) is 4.86. The molecule has 2 heterocycles. The number of ether oxygens (including phenoxy) is 1. The Kier molecular flexibility index (Phi) is 5.93. The van der Waals surface area contributed by atoms with Crippen LogP contribution in [0.4, 0.5) is 0 Å². The molecule has 1 amide bonds. The van der Waals surface area contributed by atoms with Gasteiger partial charge in [0, 0.05) is 42.0 Å². The number of primary amides is 1. The summed E-state index contributed by atoms with van der Waals surface area (Å²) < 4.78 is 7.77. The highest BCUT2D eigenvalue weighted by Gasteiger charge is 2.09. The van der Waals surface area contributed by atoms with Crippen LogP contribution >= 0.6 is 0 Å². The molecule has 29 heavy (non-hydrogen) atoms. The highest BCUT2D eigenvalue weighted by Crippen LogP contribution is 2.28. The van der Waals surface area contributed by atoms with Crippen molar-refractivity contribution < 1.29 is 9.53 Å². The van der Waals surface area contributed by atoms with Crippen LogP contribution < -0.4 is 10.5 Å². The maximum absolute atomic E-state index is 11.4. The van der Waals surface area contributed by atoms with Crippen LogP contribution in [-0.4, -0.2) is 20.7 Å². The van der Waals surface area contributed by atoms with Gasteiger partial charge in [-0.25, -0.2) is 0 Å². The van der Waals surface area contributed by atoms with Gasteiger partial charge in [-0.05, 0) is 48.9 Å². The Labute approximate surface area is 169 Å². The summed E-state index contributed by atoms with van der Waals surface area (Å²) in [7, 11) is 1.89. The summed E-state index contributed by atoms with van der Waals surface area (Å²) in [5.41, 5.74) is 9.27. The molecule has 2 N–H and O–H groups in total. The molecule has 0 aliphatic rings. The molecule has 0 aliphatic heterocycles. The summed E-state index contributed by atoms with van der Waals surface area (Å²) in [5.74, 6) is 0.975. The number of rotatable bonds is 4. The maximum Gasteiger partial charge on any atom is 0.248 e. The highest BCUT2D eigenvalue weighted by molar-refractivity contribution is 5.94. The fourth-order valence-corrected chi connectivity index (χ4v) is 3.06. The zero-order valence-electron chi connectivity index (χ0n) is 17.0. The number of pyridine rings is 1. The van der Waals surface area contributed by atoms with E-state index < -0.39 is 5.91 Å². The van der Waals surface area contributed by atoms with Gasteiger partial charge >= 0.3 is 0 Å². The number of amides is 1. The summed E-state index contributed by atoms with van der Waals surface area (Å²) in [5, 5.41) is 5.38. The fraction of sp³-hybridized carbons (Fsp3) is 0.174. The van der Waals surface area contributed by atoms with Gasteiger partial charge in [0.15, 0.2) is 0 Å². The number of hydrogen-bond acceptors (Lipinski definition) is 4. The van der Waals surface area contributed by atoms with Crippen molar-refractivity contribution in [2.45, 2.75) is 20.8 Å². The molecule has 0 fully saturated rings. The number of nitrogens with two attached hydrogens (primary N) is 1. The zero-order chi connectivity index (χ0) is 21.0. The Hall–Kier alpha value is -3.67. The van der Waals surface area contributed by atoms with Gasteiger partial charge in [0.05, 0.1) is 11.2 Å². The van der Waals surface area contributed by atoms with E-state index in [1.165, 1.54) is 0 Å². The molecule has 148 valence electrons. The second-order valence-electron chi connectivity index (χ2n) is 6.40. The SMILES string of the molecule is CC.Cc1cc(-c2cc(Oc3ccc4nn(C)cc4c3)ccn2)ccc1C(N)=O. The van der Waals surface area contributed by atoms with Crippen LogP contribution in [0.2, 0.25) is 0 Å². The molecule has 0 bridgehead atoms. The van der Waals surface area contributed by atoms with Crippen LogP contribution in [-0.2, 0) is 7.05 Å². The molecule has 0 saturated heterocycles. The Balaban J connectivity index is 0.00000117. The van der Waals surface area contributed by atoms with Crippen molar-refractivity contribution in [1.82, 2.24) is 14.8 Å². The van der Waals surface area contributed by atoms with E-state index in [1.807, 2.05) is 76.5 Å². The van der Waals surface area contributed by atoms with Crippen molar-refractivity contribution in [2.24, 2.45) is 12.8 Å². The van der Waals surface area contributed by atoms with Crippen LogP contribution in [0.15, 0.2) is 60.9 Å². The average molecular weight is 388 g/mol. The summed E-state index contributed by atoms with van der Waals surface area (Å²) >= 11 is 0. The lowest BCUT2D eigenvalue weighted by atomic mass is 10.0. The highest BCUT2D eigenvalue weighted by atomic mass is 16.5. The summed E-state index contributed by atoms with van der Waals surface area (Å²) in [4.78, 5) is 15.8. The number of carbonyl (C=O) groups is 1. The molecule has 4 rings (SSSR count). The second-order valence-corrected chi connectivity index (χ2v) is 6.40. The molecule has 2 aromatic heterocycles. The van der Waals surface area contributed by atoms with Crippen molar-refractivity contribution >= 4 is 16.8 Å². The number of carbonyl (C=O) groups excluding carboxylic acids is 1. The lowest BCUT2D eigenvalue weighted by molar-refractivity contribution is 0.0999. The Morgan fingerprint density at radius 1 is 1.03 bits per heavy atom. The van der Waals surface area contributed by atoms with Gasteiger partial charge in [0.2, 0.25) is 5.91 Å². The van der Waals surface area contributed by atoms with Gasteiger partial charge in [-0.1, -0.05) is 19.9 Å². The molecule has 0 aliphatic carbocycles. The van der Waals surface area contributed by atoms with Crippen molar-refractivity contribution in [3.05, 3.63) is 72.1 Å². The van der Waals surface area contributed by atoms with E-state index >= 15 is 0 Å². The number of aryl methyl sites for hydroxylation is 2. The van der Waals surface area contributed by atoms with Crippen molar-refractivity contribution in [3.8, 4) is 22.8 Å². The van der Waals surface area contributed by atoms with Crippen molar-refractivity contribution in [1.29, 1.82) is 0 Å². The summed E-state index contributed by atoms with van der Waals surface area (Å²) in [6.45, 7) is 5.85. The molecule has 6 nitrogen and oxygen atoms in total. The first-order chi connectivity index (χ1) is 14.0. The predicted molar refractivity (Wildman–Crippen MR) is 115 cm³/mol. The van der Waals surface area contributed by atoms with Gasteiger partial charge in [0.1, 0.15) is 11.5 Å². The van der Waals surface area contributed by atoms with E-state index in [-0.39, 0.29) is 0 Å². The third kappa shape index (κ3) is 4.43. The molecule has 0 saturated carbocycles. The maximum atomic E-state index is 11.4. The summed E-state index contributed by atoms with van der Waals surface area (Å²) in [6.07, 6.45) is 3.65. The minimum absolute atomic E-state index is 0.435. The van der Waals surface area contributed by atoms with E-state index in [4.69, 9.17) is 10.5 Å². The van der Waals surface area contributed by atoms with E-state index in [2.05, 4.69) is 10.1 Å². The molecule has 0 unspecified atom stereocenters. The fourth-order valence-electron chi connectivity index (χ4n) is 3.06. The first kappa shape index (κ1) is 20.1. The van der Waals surface area contributed by atoms with Gasteiger partial charge < -0.3 is 10.5 Å². The minimum atomic E-state index is -0.435. The number of nitrogens with zero attached hydrogens (tertiary/aromatic N) is 3. The number of benzene rings is 2. The topological polar surface area (TPSA) is 83.0 Å². The van der Waals surface area contributed by atoms with Crippen LogP contribution in [0.5, 0.6) is 11.5 Å². The first-order valence-electron chi connectivity index (χ1n) is 9.48. The smallest absolute Gasteiger partial charge is 0.248 e. The van der Waals surface area contributed by atoms with Crippen molar-refractivity contribution in [2.75, 3.05) is 0 Å².